The third-order valence-corrected chi connectivity index (χ3v) is 1.35. The van der Waals surface area contributed by atoms with Crippen LogP contribution in [0.15, 0.2) is 0 Å². The Bertz CT molecular complexity index is 166. The van der Waals surface area contributed by atoms with Crippen LogP contribution in [0, 0.1) is 5.41 Å². The molecule has 0 saturated heterocycles. The third kappa shape index (κ3) is 4.85. The summed E-state index contributed by atoms with van der Waals surface area (Å²) in [6, 6.07) is 0. The molecule has 12 heavy (non-hydrogen) atoms. The summed E-state index contributed by atoms with van der Waals surface area (Å²) in [4.78, 5) is 10.8. The molecule has 0 heterocycles. The number of hydrogen-bond acceptors (Lipinski definition) is 4. The van der Waals surface area contributed by atoms with E-state index in [0.717, 1.165) is 0 Å². The summed E-state index contributed by atoms with van der Waals surface area (Å²) < 4.78 is 4.71. The van der Waals surface area contributed by atoms with Gasteiger partial charge in [-0.05, 0) is 20.8 Å². The molecular weight excluding hydrogens is 156 g/mol. The first-order chi connectivity index (χ1) is 5.52. The zero-order chi connectivity index (χ0) is 9.61. The van der Waals surface area contributed by atoms with Crippen LogP contribution < -0.4 is 5.32 Å². The smallest absolute Gasteiger partial charge is 0.319 e. The molecule has 70 valence electrons. The van der Waals surface area contributed by atoms with Crippen molar-refractivity contribution in [3.05, 3.63) is 0 Å². The molecule has 0 atom stereocenters. The number of rotatable bonds is 5. The predicted octanol–water partition coefficient (Wildman–Crippen LogP) is 0.567. The van der Waals surface area contributed by atoms with Crippen LogP contribution in [-0.2, 0) is 9.53 Å². The van der Waals surface area contributed by atoms with Gasteiger partial charge >= 0.3 is 5.97 Å². The van der Waals surface area contributed by atoms with E-state index in [1.54, 1.807) is 6.92 Å². The summed E-state index contributed by atoms with van der Waals surface area (Å²) >= 11 is 0. The second-order valence-corrected chi connectivity index (χ2v) is 3.02. The first kappa shape index (κ1) is 11.1. The fourth-order valence-electron chi connectivity index (χ4n) is 0.563. The van der Waals surface area contributed by atoms with Crippen LogP contribution in [0.5, 0.6) is 0 Å². The zero-order valence-corrected chi connectivity index (χ0v) is 7.81. The summed E-state index contributed by atoms with van der Waals surface area (Å²) in [7, 11) is 0. The molecule has 4 nitrogen and oxygen atoms in total. The minimum absolute atomic E-state index is 0.149. The topological polar surface area (TPSA) is 62.2 Å². The zero-order valence-electron chi connectivity index (χ0n) is 7.81. The number of ether oxygens (including phenoxy) is 1. The van der Waals surface area contributed by atoms with Crippen molar-refractivity contribution in [2.24, 2.45) is 0 Å². The van der Waals surface area contributed by atoms with Crippen LogP contribution in [0.4, 0.5) is 0 Å². The Morgan fingerprint density at radius 3 is 2.67 bits per heavy atom. The molecule has 0 rings (SSSR count). The lowest BCUT2D eigenvalue weighted by atomic mass is 10.1. The van der Waals surface area contributed by atoms with E-state index in [-0.39, 0.29) is 12.5 Å². The number of nitrogens with one attached hydrogen (secondary N) is 2. The maximum atomic E-state index is 10.8. The van der Waals surface area contributed by atoms with Gasteiger partial charge in [0.25, 0.3) is 0 Å². The van der Waals surface area contributed by atoms with E-state index < -0.39 is 5.54 Å². The number of hydrogen-bond donors (Lipinski definition) is 2. The fraction of sp³-hybridized carbons (Fsp3) is 0.750. The maximum Gasteiger partial charge on any atom is 0.319 e. The molecular formula is C8H16N2O2. The van der Waals surface area contributed by atoms with Crippen molar-refractivity contribution in [3.63, 3.8) is 0 Å². The Morgan fingerprint density at radius 1 is 1.67 bits per heavy atom. The van der Waals surface area contributed by atoms with Crippen molar-refractivity contribution in [3.8, 4) is 0 Å². The Morgan fingerprint density at radius 2 is 2.25 bits per heavy atom. The van der Waals surface area contributed by atoms with E-state index in [1.165, 1.54) is 6.21 Å². The molecule has 0 aromatic rings. The Kier molecular flexibility index (Phi) is 4.51. The predicted molar refractivity (Wildman–Crippen MR) is 47.5 cm³/mol. The number of esters is 1. The Hall–Kier alpha value is -0.900. The van der Waals surface area contributed by atoms with Crippen molar-refractivity contribution < 1.29 is 9.53 Å². The Labute approximate surface area is 72.8 Å². The molecule has 0 aliphatic heterocycles. The van der Waals surface area contributed by atoms with E-state index in [9.17, 15) is 4.79 Å². The van der Waals surface area contributed by atoms with Gasteiger partial charge in [0.15, 0.2) is 0 Å². The second-order valence-electron chi connectivity index (χ2n) is 3.02. The van der Waals surface area contributed by atoms with Gasteiger partial charge in [-0.1, -0.05) is 0 Å². The molecule has 0 aromatic carbocycles. The van der Waals surface area contributed by atoms with Crippen LogP contribution >= 0.6 is 0 Å². The SMILES string of the molecule is CCOC(=O)CNC(C)(C)C=N. The molecule has 0 unspecified atom stereocenters. The molecule has 2 N–H and O–H groups in total. The lowest BCUT2D eigenvalue weighted by molar-refractivity contribution is -0.142. The van der Waals surface area contributed by atoms with E-state index in [4.69, 9.17) is 10.1 Å². The van der Waals surface area contributed by atoms with Crippen LogP contribution in [0.2, 0.25) is 0 Å². The molecule has 0 aliphatic carbocycles. The average Bonchev–Trinajstić information content (AvgIpc) is 2.02. The molecule has 4 heteroatoms. The van der Waals surface area contributed by atoms with Gasteiger partial charge in [-0.25, -0.2) is 0 Å². The molecule has 0 bridgehead atoms. The highest BCUT2D eigenvalue weighted by Gasteiger charge is 2.14. The van der Waals surface area contributed by atoms with Gasteiger partial charge in [-0.2, -0.15) is 0 Å². The molecule has 0 radical (unpaired) electrons. The number of carbonyl (C=O) groups is 1. The van der Waals surface area contributed by atoms with Gasteiger partial charge in [0, 0.05) is 11.8 Å². The van der Waals surface area contributed by atoms with Crippen LogP contribution in [0.3, 0.4) is 0 Å². The molecule has 0 fully saturated rings. The minimum Gasteiger partial charge on any atom is -0.465 e. The summed E-state index contributed by atoms with van der Waals surface area (Å²) in [5.41, 5.74) is -0.438. The van der Waals surface area contributed by atoms with E-state index in [2.05, 4.69) is 5.32 Å². The van der Waals surface area contributed by atoms with Crippen molar-refractivity contribution in [1.82, 2.24) is 5.32 Å². The molecule has 0 aromatic heterocycles. The highest BCUT2D eigenvalue weighted by Crippen LogP contribution is 1.95. The van der Waals surface area contributed by atoms with Gasteiger partial charge in [0.1, 0.15) is 0 Å². The normalized spacial score (nSPS) is 10.9. The summed E-state index contributed by atoms with van der Waals surface area (Å²) in [5, 5.41) is 9.89. The molecule has 0 amide bonds. The van der Waals surface area contributed by atoms with Crippen molar-refractivity contribution in [2.45, 2.75) is 26.3 Å². The van der Waals surface area contributed by atoms with Gasteiger partial charge in [-0.3, -0.25) is 10.1 Å². The first-order valence-electron chi connectivity index (χ1n) is 3.94. The van der Waals surface area contributed by atoms with Crippen molar-refractivity contribution >= 4 is 12.2 Å². The summed E-state index contributed by atoms with van der Waals surface area (Å²) in [6.07, 6.45) is 1.26. The molecule has 0 spiro atoms. The van der Waals surface area contributed by atoms with Crippen molar-refractivity contribution in [1.29, 1.82) is 5.41 Å². The monoisotopic (exact) mass is 172 g/mol. The second kappa shape index (κ2) is 4.87. The summed E-state index contributed by atoms with van der Waals surface area (Å²) in [6.45, 7) is 5.94. The summed E-state index contributed by atoms with van der Waals surface area (Å²) in [5.74, 6) is -0.285. The lowest BCUT2D eigenvalue weighted by Crippen LogP contribution is -2.43. The van der Waals surface area contributed by atoms with Gasteiger partial charge in [-0.15, -0.1) is 0 Å². The van der Waals surface area contributed by atoms with E-state index in [1.807, 2.05) is 13.8 Å². The van der Waals surface area contributed by atoms with Crippen LogP contribution in [0.1, 0.15) is 20.8 Å². The number of carbonyl (C=O) groups excluding carboxylic acids is 1. The van der Waals surface area contributed by atoms with E-state index in [0.29, 0.717) is 6.61 Å². The maximum absolute atomic E-state index is 10.8. The average molecular weight is 172 g/mol. The molecule has 0 saturated carbocycles. The van der Waals surface area contributed by atoms with Gasteiger partial charge in [0.2, 0.25) is 0 Å². The van der Waals surface area contributed by atoms with Gasteiger partial charge < -0.3 is 10.1 Å². The lowest BCUT2D eigenvalue weighted by Gasteiger charge is -2.19. The highest BCUT2D eigenvalue weighted by atomic mass is 16.5. The van der Waals surface area contributed by atoms with Gasteiger partial charge in [0.05, 0.1) is 13.2 Å². The van der Waals surface area contributed by atoms with Crippen LogP contribution in [-0.4, -0.2) is 30.9 Å². The van der Waals surface area contributed by atoms with Crippen molar-refractivity contribution in [2.75, 3.05) is 13.2 Å². The standard InChI is InChI=1S/C8H16N2O2/c1-4-12-7(11)5-10-8(2,3)6-9/h6,9-10H,4-5H2,1-3H3. The first-order valence-corrected chi connectivity index (χ1v) is 3.94. The minimum atomic E-state index is -0.438. The quantitative estimate of drug-likeness (QED) is 0.470. The fourth-order valence-corrected chi connectivity index (χ4v) is 0.563. The van der Waals surface area contributed by atoms with Crippen LogP contribution in [0.25, 0.3) is 0 Å². The third-order valence-electron chi connectivity index (χ3n) is 1.35. The Balaban J connectivity index is 3.67. The molecule has 0 aliphatic rings. The highest BCUT2D eigenvalue weighted by molar-refractivity contribution is 5.73. The largest absolute Gasteiger partial charge is 0.465 e. The van der Waals surface area contributed by atoms with E-state index >= 15 is 0 Å².